The Morgan fingerprint density at radius 2 is 2.10 bits per heavy atom. The smallest absolute Gasteiger partial charge is 0.318 e. The summed E-state index contributed by atoms with van der Waals surface area (Å²) in [7, 11) is 1.83. The molecule has 29 heavy (non-hydrogen) atoms. The van der Waals surface area contributed by atoms with Crippen LogP contribution in [0.5, 0.6) is 0 Å². The van der Waals surface area contributed by atoms with E-state index in [0.29, 0.717) is 17.3 Å². The van der Waals surface area contributed by atoms with Crippen LogP contribution in [0.3, 0.4) is 0 Å². The van der Waals surface area contributed by atoms with E-state index in [9.17, 15) is 10.1 Å². The maximum atomic E-state index is 12.4. The van der Waals surface area contributed by atoms with Gasteiger partial charge in [-0.3, -0.25) is 4.68 Å². The normalized spacial score (nSPS) is 20.8. The average molecular weight is 392 g/mol. The highest BCUT2D eigenvalue weighted by atomic mass is 16.2. The van der Waals surface area contributed by atoms with Crippen molar-refractivity contribution in [2.24, 2.45) is 13.0 Å². The number of aromatic nitrogens is 4. The quantitative estimate of drug-likeness (QED) is 0.846. The number of nitrogens with zero attached hydrogens (tertiary/aromatic N) is 7. The summed E-state index contributed by atoms with van der Waals surface area (Å²) in [5, 5.41) is 16.7. The predicted octanol–water partition coefficient (Wildman–Crippen LogP) is 1.52. The van der Waals surface area contributed by atoms with Crippen LogP contribution < -0.4 is 10.2 Å². The van der Waals surface area contributed by atoms with Crippen molar-refractivity contribution in [3.63, 3.8) is 0 Å². The first kappa shape index (κ1) is 17.9. The zero-order valence-electron chi connectivity index (χ0n) is 16.5. The molecule has 9 nitrogen and oxygen atoms in total. The van der Waals surface area contributed by atoms with Gasteiger partial charge in [0.2, 0.25) is 0 Å². The molecular formula is C20H24N8O. The lowest BCUT2D eigenvalue weighted by atomic mass is 9.86. The Hall–Kier alpha value is -3.15. The van der Waals surface area contributed by atoms with E-state index >= 15 is 0 Å². The number of hydrogen-bond donors (Lipinski definition) is 1. The number of nitrogens with one attached hydrogen (secondary N) is 1. The second kappa shape index (κ2) is 6.72. The first-order chi connectivity index (χ1) is 14.1. The SMILES string of the molecule is Cn1cc(-c2nc(N3CCC4(CC3)CNC(=O)N4CC3CC3)cnc2C#N)cn1. The molecule has 1 aliphatic carbocycles. The van der Waals surface area contributed by atoms with E-state index < -0.39 is 0 Å². The number of rotatable bonds is 4. The van der Waals surface area contributed by atoms with Crippen molar-refractivity contribution in [1.82, 2.24) is 30.0 Å². The minimum Gasteiger partial charge on any atom is -0.355 e. The van der Waals surface area contributed by atoms with E-state index in [1.165, 1.54) is 12.8 Å². The number of amides is 2. The fourth-order valence-electron chi connectivity index (χ4n) is 4.44. The first-order valence-electron chi connectivity index (χ1n) is 10.1. The molecule has 4 heterocycles. The van der Waals surface area contributed by atoms with Crippen LogP contribution in [0, 0.1) is 17.2 Å². The summed E-state index contributed by atoms with van der Waals surface area (Å²) >= 11 is 0. The average Bonchev–Trinajstić information content (AvgIpc) is 3.40. The van der Waals surface area contributed by atoms with E-state index in [1.54, 1.807) is 17.1 Å². The summed E-state index contributed by atoms with van der Waals surface area (Å²) in [6.45, 7) is 3.23. The molecule has 0 radical (unpaired) electrons. The molecule has 0 atom stereocenters. The van der Waals surface area contributed by atoms with Gasteiger partial charge in [-0.2, -0.15) is 10.4 Å². The van der Waals surface area contributed by atoms with Crippen LogP contribution in [0.1, 0.15) is 31.4 Å². The van der Waals surface area contributed by atoms with Crippen LogP contribution in [-0.2, 0) is 7.05 Å². The van der Waals surface area contributed by atoms with Crippen molar-refractivity contribution < 1.29 is 4.79 Å². The molecule has 150 valence electrons. The van der Waals surface area contributed by atoms with Crippen molar-refractivity contribution in [3.8, 4) is 17.3 Å². The van der Waals surface area contributed by atoms with Crippen LogP contribution in [0.15, 0.2) is 18.6 Å². The number of nitriles is 1. The van der Waals surface area contributed by atoms with Crippen molar-refractivity contribution in [2.75, 3.05) is 31.1 Å². The molecule has 0 bridgehead atoms. The van der Waals surface area contributed by atoms with Crippen LogP contribution >= 0.6 is 0 Å². The zero-order chi connectivity index (χ0) is 20.0. The fraction of sp³-hybridized carbons (Fsp3) is 0.550. The third kappa shape index (κ3) is 3.18. The third-order valence-electron chi connectivity index (χ3n) is 6.39. The molecule has 2 aliphatic heterocycles. The van der Waals surface area contributed by atoms with Gasteiger partial charge in [0.05, 0.1) is 17.9 Å². The van der Waals surface area contributed by atoms with E-state index in [1.807, 2.05) is 13.2 Å². The molecule has 3 fully saturated rings. The van der Waals surface area contributed by atoms with Gasteiger partial charge in [-0.05, 0) is 31.6 Å². The summed E-state index contributed by atoms with van der Waals surface area (Å²) < 4.78 is 1.69. The number of carbonyl (C=O) groups is 1. The van der Waals surface area contributed by atoms with Crippen molar-refractivity contribution in [1.29, 1.82) is 5.26 Å². The molecule has 9 heteroatoms. The Kier molecular flexibility index (Phi) is 4.15. The molecule has 0 aromatic carbocycles. The molecule has 0 unspecified atom stereocenters. The number of aryl methyl sites for hydroxylation is 1. The van der Waals surface area contributed by atoms with E-state index in [0.717, 1.165) is 50.4 Å². The zero-order valence-corrected chi connectivity index (χ0v) is 16.5. The topological polar surface area (TPSA) is 103 Å². The molecule has 1 spiro atoms. The summed E-state index contributed by atoms with van der Waals surface area (Å²) in [6.07, 6.45) is 9.51. The van der Waals surface area contributed by atoms with Crippen molar-refractivity contribution in [3.05, 3.63) is 24.3 Å². The second-order valence-electron chi connectivity index (χ2n) is 8.36. The highest BCUT2D eigenvalue weighted by molar-refractivity contribution is 5.78. The van der Waals surface area contributed by atoms with Gasteiger partial charge in [-0.1, -0.05) is 0 Å². The first-order valence-corrected chi connectivity index (χ1v) is 10.1. The van der Waals surface area contributed by atoms with Gasteiger partial charge >= 0.3 is 6.03 Å². The van der Waals surface area contributed by atoms with Crippen molar-refractivity contribution in [2.45, 2.75) is 31.2 Å². The van der Waals surface area contributed by atoms with E-state index in [2.05, 4.69) is 31.3 Å². The molecule has 5 rings (SSSR count). The fourth-order valence-corrected chi connectivity index (χ4v) is 4.44. The number of piperidine rings is 1. The molecule has 1 N–H and O–H groups in total. The predicted molar refractivity (Wildman–Crippen MR) is 106 cm³/mol. The van der Waals surface area contributed by atoms with E-state index in [-0.39, 0.29) is 11.6 Å². The third-order valence-corrected chi connectivity index (χ3v) is 6.39. The molecular weight excluding hydrogens is 368 g/mol. The van der Waals surface area contributed by atoms with Gasteiger partial charge in [0.1, 0.15) is 17.6 Å². The monoisotopic (exact) mass is 392 g/mol. The van der Waals surface area contributed by atoms with Gasteiger partial charge in [-0.15, -0.1) is 0 Å². The second-order valence-corrected chi connectivity index (χ2v) is 8.36. The lowest BCUT2D eigenvalue weighted by Gasteiger charge is -2.44. The Labute approximate surface area is 169 Å². The lowest BCUT2D eigenvalue weighted by Crippen LogP contribution is -2.55. The Morgan fingerprint density at radius 3 is 2.76 bits per heavy atom. The maximum absolute atomic E-state index is 12.4. The minimum atomic E-state index is -0.0810. The molecule has 3 aliphatic rings. The Balaban J connectivity index is 1.36. The largest absolute Gasteiger partial charge is 0.355 e. The minimum absolute atomic E-state index is 0.0810. The molecule has 1 saturated carbocycles. The molecule has 2 aromatic heterocycles. The van der Waals surface area contributed by atoms with Crippen LogP contribution in [0.25, 0.3) is 11.3 Å². The molecule has 2 saturated heterocycles. The van der Waals surface area contributed by atoms with Crippen LogP contribution in [0.4, 0.5) is 10.6 Å². The maximum Gasteiger partial charge on any atom is 0.318 e. The number of carbonyl (C=O) groups excluding carboxylic acids is 1. The van der Waals surface area contributed by atoms with Gasteiger partial charge in [0, 0.05) is 45.0 Å². The number of urea groups is 1. The van der Waals surface area contributed by atoms with Crippen LogP contribution in [0.2, 0.25) is 0 Å². The number of anilines is 1. The lowest BCUT2D eigenvalue weighted by molar-refractivity contribution is 0.127. The Bertz CT molecular complexity index is 981. The summed E-state index contributed by atoms with van der Waals surface area (Å²) in [5.41, 5.74) is 1.57. The van der Waals surface area contributed by atoms with Gasteiger partial charge in [0.15, 0.2) is 5.69 Å². The summed E-state index contributed by atoms with van der Waals surface area (Å²) in [5.74, 6) is 1.45. The standard InChI is InChI=1S/C20H24N8O/c1-26-12-15(9-24-26)18-16(8-21)22-10-17(25-18)27-6-4-20(5-7-27)13-23-19(29)28(20)11-14-2-3-14/h9-10,12,14H,2-7,11,13H2,1H3,(H,23,29). The highest BCUT2D eigenvalue weighted by Crippen LogP contribution is 2.38. The van der Waals surface area contributed by atoms with Crippen molar-refractivity contribution >= 4 is 11.8 Å². The highest BCUT2D eigenvalue weighted by Gasteiger charge is 2.48. The molecule has 2 amide bonds. The summed E-state index contributed by atoms with van der Waals surface area (Å²) in [6, 6.07) is 2.21. The van der Waals surface area contributed by atoms with Gasteiger partial charge in [-0.25, -0.2) is 14.8 Å². The van der Waals surface area contributed by atoms with Crippen LogP contribution in [-0.4, -0.2) is 62.4 Å². The Morgan fingerprint density at radius 1 is 1.31 bits per heavy atom. The van der Waals surface area contributed by atoms with E-state index in [4.69, 9.17) is 4.98 Å². The van der Waals surface area contributed by atoms with Gasteiger partial charge in [0.25, 0.3) is 0 Å². The van der Waals surface area contributed by atoms with Gasteiger partial charge < -0.3 is 15.1 Å². The molecule has 2 aromatic rings. The number of hydrogen-bond acceptors (Lipinski definition) is 6. The summed E-state index contributed by atoms with van der Waals surface area (Å²) in [4.78, 5) is 25.8.